The molecule has 0 saturated heterocycles. The Labute approximate surface area is 119 Å². The minimum Gasteiger partial charge on any atom is -0.494 e. The van der Waals surface area contributed by atoms with Crippen LogP contribution in [-0.4, -0.2) is 24.3 Å². The number of amidine groups is 1. The second-order valence-corrected chi connectivity index (χ2v) is 5.38. The summed E-state index contributed by atoms with van der Waals surface area (Å²) in [5, 5.41) is 11.7. The van der Waals surface area contributed by atoms with E-state index >= 15 is 0 Å². The number of benzene rings is 1. The van der Waals surface area contributed by atoms with Crippen molar-refractivity contribution >= 4 is 5.84 Å². The van der Waals surface area contributed by atoms with Crippen molar-refractivity contribution in [3.05, 3.63) is 24.3 Å². The van der Waals surface area contributed by atoms with E-state index in [4.69, 9.17) is 20.4 Å². The summed E-state index contributed by atoms with van der Waals surface area (Å²) in [7, 11) is 0. The van der Waals surface area contributed by atoms with Gasteiger partial charge in [-0.05, 0) is 43.5 Å². The molecule has 1 saturated carbocycles. The maximum absolute atomic E-state index is 8.62. The maximum Gasteiger partial charge on any atom is 0.139 e. The van der Waals surface area contributed by atoms with E-state index in [1.807, 2.05) is 24.3 Å². The smallest absolute Gasteiger partial charge is 0.139 e. The highest BCUT2D eigenvalue weighted by atomic mass is 16.5. The number of rotatable bonds is 8. The van der Waals surface area contributed by atoms with E-state index in [1.165, 1.54) is 0 Å². The Kier molecular flexibility index (Phi) is 4.71. The summed E-state index contributed by atoms with van der Waals surface area (Å²) in [5.41, 5.74) is 5.61. The highest BCUT2D eigenvalue weighted by Crippen LogP contribution is 2.49. The standard InChI is InChI=1S/C15H22N2O3/c1-2-9-19-12-3-5-13(6-4-12)20-11-15(7-8-15)10-14(16)17-18/h3-6,18H,2,7-11H2,1H3,(H2,16,17). The molecule has 0 atom stereocenters. The van der Waals surface area contributed by atoms with Crippen molar-refractivity contribution in [2.75, 3.05) is 13.2 Å². The van der Waals surface area contributed by atoms with Crippen molar-refractivity contribution < 1.29 is 14.7 Å². The van der Waals surface area contributed by atoms with E-state index in [9.17, 15) is 0 Å². The summed E-state index contributed by atoms with van der Waals surface area (Å²) >= 11 is 0. The van der Waals surface area contributed by atoms with Gasteiger partial charge in [0.25, 0.3) is 0 Å². The average Bonchev–Trinajstić information content (AvgIpc) is 3.24. The molecule has 20 heavy (non-hydrogen) atoms. The second-order valence-electron chi connectivity index (χ2n) is 5.38. The highest BCUT2D eigenvalue weighted by molar-refractivity contribution is 5.80. The van der Waals surface area contributed by atoms with Crippen LogP contribution in [0.25, 0.3) is 0 Å². The van der Waals surface area contributed by atoms with E-state index in [2.05, 4.69) is 12.1 Å². The van der Waals surface area contributed by atoms with Gasteiger partial charge in [-0.15, -0.1) is 0 Å². The van der Waals surface area contributed by atoms with Gasteiger partial charge in [-0.2, -0.15) is 0 Å². The zero-order chi connectivity index (χ0) is 14.4. The van der Waals surface area contributed by atoms with Crippen LogP contribution in [0, 0.1) is 5.41 Å². The molecule has 0 heterocycles. The van der Waals surface area contributed by atoms with Crippen LogP contribution in [0.2, 0.25) is 0 Å². The Hall–Kier alpha value is -1.91. The zero-order valence-corrected chi connectivity index (χ0v) is 11.8. The molecule has 1 aromatic rings. The van der Waals surface area contributed by atoms with Crippen molar-refractivity contribution in [1.29, 1.82) is 0 Å². The molecule has 3 N–H and O–H groups in total. The molecule has 0 spiro atoms. The average molecular weight is 278 g/mol. The van der Waals surface area contributed by atoms with E-state index in [1.54, 1.807) is 0 Å². The van der Waals surface area contributed by atoms with Crippen molar-refractivity contribution in [2.24, 2.45) is 16.3 Å². The molecule has 0 aliphatic heterocycles. The first-order chi connectivity index (χ1) is 9.67. The summed E-state index contributed by atoms with van der Waals surface area (Å²) in [6.45, 7) is 3.40. The molecule has 5 nitrogen and oxygen atoms in total. The molecule has 0 bridgehead atoms. The predicted octanol–water partition coefficient (Wildman–Crippen LogP) is 2.77. The van der Waals surface area contributed by atoms with Gasteiger partial charge in [0.15, 0.2) is 0 Å². The van der Waals surface area contributed by atoms with Gasteiger partial charge < -0.3 is 20.4 Å². The van der Waals surface area contributed by atoms with Crippen molar-refractivity contribution in [3.63, 3.8) is 0 Å². The van der Waals surface area contributed by atoms with Crippen LogP contribution in [0.15, 0.2) is 29.4 Å². The van der Waals surface area contributed by atoms with Crippen LogP contribution in [0.4, 0.5) is 0 Å². The first-order valence-electron chi connectivity index (χ1n) is 6.99. The predicted molar refractivity (Wildman–Crippen MR) is 77.4 cm³/mol. The molecule has 1 fully saturated rings. The normalized spacial score (nSPS) is 16.8. The van der Waals surface area contributed by atoms with E-state index in [0.717, 1.165) is 37.4 Å². The van der Waals surface area contributed by atoms with Crippen LogP contribution in [0.5, 0.6) is 11.5 Å². The first kappa shape index (κ1) is 14.5. The fourth-order valence-electron chi connectivity index (χ4n) is 2.06. The molecule has 0 amide bonds. The number of ether oxygens (including phenoxy) is 2. The Balaban J connectivity index is 1.82. The number of nitrogens with two attached hydrogens (primary N) is 1. The first-order valence-corrected chi connectivity index (χ1v) is 6.99. The molecule has 1 aromatic carbocycles. The molecule has 1 aliphatic carbocycles. The molecule has 0 radical (unpaired) electrons. The SMILES string of the molecule is CCCOc1ccc(OCC2(CC(N)=NO)CC2)cc1. The fraction of sp³-hybridized carbons (Fsp3) is 0.533. The number of oxime groups is 1. The Morgan fingerprint density at radius 1 is 1.25 bits per heavy atom. The number of nitrogens with zero attached hydrogens (tertiary/aromatic N) is 1. The van der Waals surface area contributed by atoms with Gasteiger partial charge in [-0.25, -0.2) is 0 Å². The lowest BCUT2D eigenvalue weighted by atomic mass is 10.0. The minimum atomic E-state index is 0.0493. The van der Waals surface area contributed by atoms with Crippen molar-refractivity contribution in [2.45, 2.75) is 32.6 Å². The van der Waals surface area contributed by atoms with Crippen molar-refractivity contribution in [3.8, 4) is 11.5 Å². The van der Waals surface area contributed by atoms with E-state index in [-0.39, 0.29) is 11.3 Å². The van der Waals surface area contributed by atoms with Crippen molar-refractivity contribution in [1.82, 2.24) is 0 Å². The summed E-state index contributed by atoms with van der Waals surface area (Å²) in [5.74, 6) is 1.95. The summed E-state index contributed by atoms with van der Waals surface area (Å²) < 4.78 is 11.3. The molecule has 5 heteroatoms. The largest absolute Gasteiger partial charge is 0.494 e. The Morgan fingerprint density at radius 2 is 1.85 bits per heavy atom. The fourth-order valence-corrected chi connectivity index (χ4v) is 2.06. The quantitative estimate of drug-likeness (QED) is 0.332. The van der Waals surface area contributed by atoms with Gasteiger partial charge in [-0.1, -0.05) is 12.1 Å². The molecule has 1 aliphatic rings. The second kappa shape index (κ2) is 6.50. The summed E-state index contributed by atoms with van der Waals surface area (Å²) in [6, 6.07) is 7.64. The molecule has 2 rings (SSSR count). The van der Waals surface area contributed by atoms with Gasteiger partial charge in [-0.3, -0.25) is 0 Å². The molecular formula is C15H22N2O3. The van der Waals surface area contributed by atoms with Crippen LogP contribution in [0.1, 0.15) is 32.6 Å². The van der Waals surface area contributed by atoms with Gasteiger partial charge >= 0.3 is 0 Å². The van der Waals surface area contributed by atoms with Crippen LogP contribution in [-0.2, 0) is 0 Å². The highest BCUT2D eigenvalue weighted by Gasteiger charge is 2.44. The van der Waals surface area contributed by atoms with Gasteiger partial charge in [0.1, 0.15) is 17.3 Å². The number of hydrogen-bond acceptors (Lipinski definition) is 4. The van der Waals surface area contributed by atoms with Gasteiger partial charge in [0, 0.05) is 11.8 Å². The molecule has 110 valence electrons. The van der Waals surface area contributed by atoms with E-state index in [0.29, 0.717) is 13.0 Å². The van der Waals surface area contributed by atoms with Gasteiger partial charge in [0.05, 0.1) is 13.2 Å². The third-order valence-electron chi connectivity index (χ3n) is 3.48. The molecule has 0 aromatic heterocycles. The monoisotopic (exact) mass is 278 g/mol. The third-order valence-corrected chi connectivity index (χ3v) is 3.48. The van der Waals surface area contributed by atoms with E-state index < -0.39 is 0 Å². The number of hydrogen-bond donors (Lipinski definition) is 2. The summed E-state index contributed by atoms with van der Waals surface area (Å²) in [4.78, 5) is 0. The lowest BCUT2D eigenvalue weighted by Gasteiger charge is -2.15. The molecule has 0 unspecified atom stereocenters. The Morgan fingerprint density at radius 3 is 2.35 bits per heavy atom. The Bertz CT molecular complexity index is 453. The summed E-state index contributed by atoms with van der Waals surface area (Å²) in [6.07, 6.45) is 3.69. The molecular weight excluding hydrogens is 256 g/mol. The maximum atomic E-state index is 8.62. The lowest BCUT2D eigenvalue weighted by molar-refractivity contribution is 0.235. The van der Waals surface area contributed by atoms with Gasteiger partial charge in [0.2, 0.25) is 0 Å². The minimum absolute atomic E-state index is 0.0493. The van der Waals surface area contributed by atoms with Crippen LogP contribution >= 0.6 is 0 Å². The van der Waals surface area contributed by atoms with Crippen LogP contribution in [0.3, 0.4) is 0 Å². The van der Waals surface area contributed by atoms with Crippen LogP contribution < -0.4 is 15.2 Å². The lowest BCUT2D eigenvalue weighted by Crippen LogP contribution is -2.22. The topological polar surface area (TPSA) is 77.1 Å². The zero-order valence-electron chi connectivity index (χ0n) is 11.8. The third kappa shape index (κ3) is 4.05.